The van der Waals surface area contributed by atoms with Crippen LogP contribution in [0, 0.1) is 12.8 Å². The van der Waals surface area contributed by atoms with Crippen LogP contribution in [0.15, 0.2) is 0 Å². The van der Waals surface area contributed by atoms with Crippen molar-refractivity contribution in [3.8, 4) is 0 Å². The Morgan fingerprint density at radius 2 is 1.89 bits per heavy atom. The molecule has 0 heterocycles. The lowest BCUT2D eigenvalue weighted by molar-refractivity contribution is 0.0431. The van der Waals surface area contributed by atoms with Crippen molar-refractivity contribution in [1.82, 2.24) is 0 Å². The van der Waals surface area contributed by atoms with Gasteiger partial charge in [-0.1, -0.05) is 6.92 Å². The van der Waals surface area contributed by atoms with Crippen LogP contribution in [0.2, 0.25) is 0 Å². The maximum atomic E-state index is 9.07. The highest BCUT2D eigenvalue weighted by Crippen LogP contribution is 2.09. The molecule has 0 rings (SSSR count). The molecule has 2 N–H and O–H groups in total. The van der Waals surface area contributed by atoms with Crippen molar-refractivity contribution >= 4 is 0 Å². The van der Waals surface area contributed by atoms with Gasteiger partial charge in [-0.05, 0) is 20.3 Å². The minimum absolute atomic E-state index is 0.255. The second-order valence-corrected chi connectivity index (χ2v) is 2.38. The molecule has 0 aromatic heterocycles. The van der Waals surface area contributed by atoms with Gasteiger partial charge in [-0.3, -0.25) is 0 Å². The van der Waals surface area contributed by atoms with Gasteiger partial charge in [0, 0.05) is 5.92 Å². The van der Waals surface area contributed by atoms with Gasteiger partial charge in [0.25, 0.3) is 0 Å². The van der Waals surface area contributed by atoms with Crippen LogP contribution in [0.1, 0.15) is 20.3 Å². The Labute approximate surface area is 56.5 Å². The molecule has 3 atom stereocenters. The average Bonchev–Trinajstić information content (AvgIpc) is 1.84. The van der Waals surface area contributed by atoms with E-state index in [-0.39, 0.29) is 5.92 Å². The third kappa shape index (κ3) is 2.82. The van der Waals surface area contributed by atoms with Crippen molar-refractivity contribution in [2.45, 2.75) is 32.5 Å². The number of rotatable bonds is 3. The Morgan fingerprint density at radius 3 is 2.00 bits per heavy atom. The molecule has 0 aliphatic rings. The second-order valence-electron chi connectivity index (χ2n) is 2.38. The summed E-state index contributed by atoms with van der Waals surface area (Å²) in [5.74, 6) is -0.255. The van der Waals surface area contributed by atoms with Gasteiger partial charge in [0.05, 0.1) is 12.2 Å². The zero-order valence-corrected chi connectivity index (χ0v) is 6.04. The topological polar surface area (TPSA) is 40.5 Å². The summed E-state index contributed by atoms with van der Waals surface area (Å²) in [5, 5.41) is 18.0. The second kappa shape index (κ2) is 3.85. The maximum Gasteiger partial charge on any atom is 0.0590 e. The molecule has 0 fully saturated rings. The van der Waals surface area contributed by atoms with Crippen molar-refractivity contribution in [2.75, 3.05) is 0 Å². The van der Waals surface area contributed by atoms with Crippen molar-refractivity contribution < 1.29 is 10.2 Å². The van der Waals surface area contributed by atoms with Crippen LogP contribution in [-0.2, 0) is 0 Å². The molecule has 3 unspecified atom stereocenters. The van der Waals surface area contributed by atoms with Crippen LogP contribution < -0.4 is 0 Å². The molecular formula is C7H15O2. The summed E-state index contributed by atoms with van der Waals surface area (Å²) in [6.45, 7) is 7.11. The maximum absolute atomic E-state index is 9.07. The molecule has 1 radical (unpaired) electrons. The van der Waals surface area contributed by atoms with Gasteiger partial charge in [-0.15, -0.1) is 0 Å². The molecule has 2 nitrogen and oxygen atoms in total. The van der Waals surface area contributed by atoms with E-state index in [1.165, 1.54) is 0 Å². The van der Waals surface area contributed by atoms with E-state index >= 15 is 0 Å². The van der Waals surface area contributed by atoms with Gasteiger partial charge in [-0.25, -0.2) is 0 Å². The van der Waals surface area contributed by atoms with Crippen LogP contribution in [0.25, 0.3) is 0 Å². The largest absolute Gasteiger partial charge is 0.393 e. The Balaban J connectivity index is 3.58. The van der Waals surface area contributed by atoms with Crippen LogP contribution in [0.4, 0.5) is 0 Å². The van der Waals surface area contributed by atoms with E-state index in [1.54, 1.807) is 6.92 Å². The predicted octanol–water partition coefficient (Wildman–Crippen LogP) is 0.588. The Kier molecular flexibility index (Phi) is 3.82. The highest BCUT2D eigenvalue weighted by molar-refractivity contribution is 4.73. The molecule has 0 saturated heterocycles. The highest BCUT2D eigenvalue weighted by Gasteiger charge is 2.16. The number of hydrogen-bond acceptors (Lipinski definition) is 2. The first-order chi connectivity index (χ1) is 4.09. The molecule has 0 aromatic rings. The lowest BCUT2D eigenvalue weighted by Crippen LogP contribution is -2.26. The smallest absolute Gasteiger partial charge is 0.0590 e. The summed E-state index contributed by atoms with van der Waals surface area (Å²) in [5.41, 5.74) is 0. The highest BCUT2D eigenvalue weighted by atomic mass is 16.3. The van der Waals surface area contributed by atoms with Gasteiger partial charge in [0.1, 0.15) is 0 Å². The quantitative estimate of drug-likeness (QED) is 0.588. The normalized spacial score (nSPS) is 21.0. The third-order valence-corrected chi connectivity index (χ3v) is 1.53. The predicted molar refractivity (Wildman–Crippen MR) is 36.8 cm³/mol. The Bertz CT molecular complexity index is 71.3. The summed E-state index contributed by atoms with van der Waals surface area (Å²) in [4.78, 5) is 0. The summed E-state index contributed by atoms with van der Waals surface area (Å²) in [7, 11) is 0. The van der Waals surface area contributed by atoms with E-state index < -0.39 is 12.2 Å². The molecule has 0 aliphatic heterocycles. The average molecular weight is 131 g/mol. The summed E-state index contributed by atoms with van der Waals surface area (Å²) < 4.78 is 0. The SMILES string of the molecule is [CH2]C(C(C)O)C(O)CC. The van der Waals surface area contributed by atoms with E-state index in [1.807, 2.05) is 6.92 Å². The molecular weight excluding hydrogens is 116 g/mol. The first kappa shape index (κ1) is 8.92. The fourth-order valence-electron chi connectivity index (χ4n) is 0.624. The molecule has 9 heavy (non-hydrogen) atoms. The van der Waals surface area contributed by atoms with E-state index in [0.29, 0.717) is 6.42 Å². The van der Waals surface area contributed by atoms with Crippen molar-refractivity contribution in [3.63, 3.8) is 0 Å². The Morgan fingerprint density at radius 1 is 1.44 bits per heavy atom. The molecule has 0 saturated carbocycles. The molecule has 0 amide bonds. The zero-order chi connectivity index (χ0) is 7.44. The summed E-state index contributed by atoms with van der Waals surface area (Å²) >= 11 is 0. The molecule has 0 spiro atoms. The van der Waals surface area contributed by atoms with E-state index in [2.05, 4.69) is 6.92 Å². The lowest BCUT2D eigenvalue weighted by Gasteiger charge is -2.19. The van der Waals surface area contributed by atoms with Crippen molar-refractivity contribution in [1.29, 1.82) is 0 Å². The molecule has 2 heteroatoms. The minimum Gasteiger partial charge on any atom is -0.393 e. The monoisotopic (exact) mass is 131 g/mol. The third-order valence-electron chi connectivity index (χ3n) is 1.53. The fraction of sp³-hybridized carbons (Fsp3) is 0.857. The van der Waals surface area contributed by atoms with E-state index in [0.717, 1.165) is 0 Å². The molecule has 0 bridgehead atoms. The van der Waals surface area contributed by atoms with E-state index in [4.69, 9.17) is 10.2 Å². The number of aliphatic hydroxyl groups is 2. The molecule has 55 valence electrons. The van der Waals surface area contributed by atoms with Gasteiger partial charge < -0.3 is 10.2 Å². The lowest BCUT2D eigenvalue weighted by atomic mass is 9.98. The number of hydrogen-bond donors (Lipinski definition) is 2. The van der Waals surface area contributed by atoms with Crippen molar-refractivity contribution in [3.05, 3.63) is 6.92 Å². The zero-order valence-electron chi connectivity index (χ0n) is 6.04. The fourth-order valence-corrected chi connectivity index (χ4v) is 0.624. The van der Waals surface area contributed by atoms with Gasteiger partial charge in [0.15, 0.2) is 0 Å². The summed E-state index contributed by atoms with van der Waals surface area (Å²) in [6.07, 6.45) is -0.330. The van der Waals surface area contributed by atoms with Crippen LogP contribution in [0.3, 0.4) is 0 Å². The van der Waals surface area contributed by atoms with Crippen LogP contribution in [-0.4, -0.2) is 22.4 Å². The van der Waals surface area contributed by atoms with Crippen LogP contribution >= 0.6 is 0 Å². The van der Waals surface area contributed by atoms with Gasteiger partial charge in [-0.2, -0.15) is 0 Å². The van der Waals surface area contributed by atoms with E-state index in [9.17, 15) is 0 Å². The summed E-state index contributed by atoms with van der Waals surface area (Å²) in [6, 6.07) is 0. The molecule has 0 aliphatic carbocycles. The first-order valence-corrected chi connectivity index (χ1v) is 3.28. The van der Waals surface area contributed by atoms with Gasteiger partial charge in [0.2, 0.25) is 0 Å². The van der Waals surface area contributed by atoms with Crippen molar-refractivity contribution in [2.24, 2.45) is 5.92 Å². The minimum atomic E-state index is -0.514. The van der Waals surface area contributed by atoms with Crippen LogP contribution in [0.5, 0.6) is 0 Å². The van der Waals surface area contributed by atoms with Gasteiger partial charge >= 0.3 is 0 Å². The number of aliphatic hydroxyl groups excluding tert-OH is 2. The Hall–Kier alpha value is -0.0800. The standard InChI is InChI=1S/C7H15O2/c1-4-7(9)5(2)6(3)8/h5-9H,2,4H2,1,3H3. The first-order valence-electron chi connectivity index (χ1n) is 3.28. The molecule has 0 aromatic carbocycles.